The number of hydrogen-bond donors (Lipinski definition) is 1. The number of hydrogen-bond acceptors (Lipinski definition) is 3. The minimum atomic E-state index is -3.72. The first-order valence-corrected chi connectivity index (χ1v) is 9.02. The average Bonchev–Trinajstić information content (AvgIpc) is 2.49. The SMILES string of the molecule is Cc1cc(C)c(S(=O)(=O)Nc2cccc(C(=O)N(C)C)c2)cc1C.[HH]. The molecule has 6 heteroatoms. The fourth-order valence-electron chi connectivity index (χ4n) is 2.41. The summed E-state index contributed by atoms with van der Waals surface area (Å²) in [6.45, 7) is 5.60. The van der Waals surface area contributed by atoms with Crippen LogP contribution in [0.2, 0.25) is 0 Å². The third-order valence-electron chi connectivity index (χ3n) is 3.85. The quantitative estimate of drug-likeness (QED) is 0.921. The molecular formula is C18H24N2O3S. The van der Waals surface area contributed by atoms with Crippen molar-refractivity contribution in [1.82, 2.24) is 4.90 Å². The second-order valence-corrected chi connectivity index (χ2v) is 7.74. The molecular weight excluding hydrogens is 324 g/mol. The van der Waals surface area contributed by atoms with Crippen molar-refractivity contribution < 1.29 is 14.6 Å². The Bertz CT molecular complexity index is 893. The minimum absolute atomic E-state index is 0. The molecule has 0 unspecified atom stereocenters. The van der Waals surface area contributed by atoms with Crippen molar-refractivity contribution in [2.45, 2.75) is 25.7 Å². The molecule has 2 aromatic rings. The molecule has 0 aliphatic rings. The van der Waals surface area contributed by atoms with Crippen molar-refractivity contribution >= 4 is 21.6 Å². The highest BCUT2D eigenvalue weighted by Crippen LogP contribution is 2.23. The van der Waals surface area contributed by atoms with Crippen molar-refractivity contribution in [3.05, 3.63) is 58.7 Å². The second kappa shape index (κ2) is 6.65. The Morgan fingerprint density at radius 1 is 1.00 bits per heavy atom. The largest absolute Gasteiger partial charge is 0.345 e. The van der Waals surface area contributed by atoms with Crippen molar-refractivity contribution in [2.75, 3.05) is 18.8 Å². The Balaban J connectivity index is 0.00000312. The zero-order valence-corrected chi connectivity index (χ0v) is 15.4. The van der Waals surface area contributed by atoms with Crippen LogP contribution in [0.3, 0.4) is 0 Å². The fraction of sp³-hybridized carbons (Fsp3) is 0.278. The maximum absolute atomic E-state index is 12.7. The number of aryl methyl sites for hydroxylation is 3. The molecule has 2 rings (SSSR count). The van der Waals surface area contributed by atoms with Crippen LogP contribution in [0.5, 0.6) is 0 Å². The summed E-state index contributed by atoms with van der Waals surface area (Å²) in [6.07, 6.45) is 0. The van der Waals surface area contributed by atoms with Crippen molar-refractivity contribution in [3.8, 4) is 0 Å². The Hall–Kier alpha value is -2.34. The Morgan fingerprint density at radius 3 is 2.25 bits per heavy atom. The number of carbonyl (C=O) groups is 1. The van der Waals surface area contributed by atoms with Gasteiger partial charge >= 0.3 is 0 Å². The normalized spacial score (nSPS) is 11.2. The zero-order chi connectivity index (χ0) is 18.1. The molecule has 0 spiro atoms. The molecule has 1 N–H and O–H groups in total. The second-order valence-electron chi connectivity index (χ2n) is 6.09. The third-order valence-corrected chi connectivity index (χ3v) is 5.37. The van der Waals surface area contributed by atoms with Gasteiger partial charge in [-0.15, -0.1) is 0 Å². The Labute approximate surface area is 144 Å². The zero-order valence-electron chi connectivity index (χ0n) is 14.5. The topological polar surface area (TPSA) is 66.5 Å². The summed E-state index contributed by atoms with van der Waals surface area (Å²) in [6, 6.07) is 10.00. The number of amides is 1. The number of sulfonamides is 1. The highest BCUT2D eigenvalue weighted by Gasteiger charge is 2.19. The van der Waals surface area contributed by atoms with Gasteiger partial charge in [-0.1, -0.05) is 12.1 Å². The van der Waals surface area contributed by atoms with E-state index in [0.717, 1.165) is 11.1 Å². The van der Waals surface area contributed by atoms with E-state index in [0.29, 0.717) is 16.8 Å². The summed E-state index contributed by atoms with van der Waals surface area (Å²) in [5.74, 6) is -0.182. The van der Waals surface area contributed by atoms with E-state index in [9.17, 15) is 13.2 Å². The molecule has 0 fully saturated rings. The highest BCUT2D eigenvalue weighted by molar-refractivity contribution is 7.92. The molecule has 0 bridgehead atoms. The van der Waals surface area contributed by atoms with Gasteiger partial charge in [-0.2, -0.15) is 0 Å². The van der Waals surface area contributed by atoms with E-state index in [1.165, 1.54) is 11.0 Å². The molecule has 5 nitrogen and oxygen atoms in total. The van der Waals surface area contributed by atoms with E-state index in [1.54, 1.807) is 45.3 Å². The predicted molar refractivity (Wildman–Crippen MR) is 98.0 cm³/mol. The number of benzene rings is 2. The van der Waals surface area contributed by atoms with Crippen LogP contribution in [0.25, 0.3) is 0 Å². The number of nitrogens with zero attached hydrogens (tertiary/aromatic N) is 1. The van der Waals surface area contributed by atoms with E-state index in [4.69, 9.17) is 0 Å². The smallest absolute Gasteiger partial charge is 0.262 e. The van der Waals surface area contributed by atoms with Gasteiger partial charge in [-0.3, -0.25) is 9.52 Å². The predicted octanol–water partition coefficient (Wildman–Crippen LogP) is 3.36. The van der Waals surface area contributed by atoms with Gasteiger partial charge in [0, 0.05) is 26.8 Å². The lowest BCUT2D eigenvalue weighted by Gasteiger charge is -2.14. The van der Waals surface area contributed by atoms with Crippen LogP contribution < -0.4 is 4.72 Å². The van der Waals surface area contributed by atoms with Crippen LogP contribution in [0.4, 0.5) is 5.69 Å². The first-order valence-electron chi connectivity index (χ1n) is 7.54. The Kier molecular flexibility index (Phi) is 4.99. The van der Waals surface area contributed by atoms with E-state index in [-0.39, 0.29) is 12.2 Å². The molecule has 0 radical (unpaired) electrons. The molecule has 1 amide bonds. The van der Waals surface area contributed by atoms with Crippen LogP contribution in [0, 0.1) is 20.8 Å². The summed E-state index contributed by atoms with van der Waals surface area (Å²) in [4.78, 5) is 13.7. The fourth-order valence-corrected chi connectivity index (χ4v) is 3.77. The van der Waals surface area contributed by atoms with E-state index in [2.05, 4.69) is 4.72 Å². The van der Waals surface area contributed by atoms with Crippen LogP contribution in [0.1, 0.15) is 28.5 Å². The lowest BCUT2D eigenvalue weighted by molar-refractivity contribution is 0.0827. The third kappa shape index (κ3) is 3.76. The van der Waals surface area contributed by atoms with Gasteiger partial charge in [0.05, 0.1) is 4.90 Å². The molecule has 24 heavy (non-hydrogen) atoms. The first-order chi connectivity index (χ1) is 11.1. The van der Waals surface area contributed by atoms with Gasteiger partial charge in [0.2, 0.25) is 0 Å². The minimum Gasteiger partial charge on any atom is -0.345 e. The molecule has 0 atom stereocenters. The molecule has 0 aliphatic heterocycles. The summed E-state index contributed by atoms with van der Waals surface area (Å²) < 4.78 is 27.9. The monoisotopic (exact) mass is 348 g/mol. The van der Waals surface area contributed by atoms with Gasteiger partial charge in [-0.25, -0.2) is 8.42 Å². The van der Waals surface area contributed by atoms with Crippen LogP contribution >= 0.6 is 0 Å². The summed E-state index contributed by atoms with van der Waals surface area (Å²) >= 11 is 0. The van der Waals surface area contributed by atoms with Crippen LogP contribution in [0.15, 0.2) is 41.3 Å². The van der Waals surface area contributed by atoms with Crippen LogP contribution in [-0.2, 0) is 10.0 Å². The van der Waals surface area contributed by atoms with Gasteiger partial charge in [0.15, 0.2) is 0 Å². The van der Waals surface area contributed by atoms with Gasteiger partial charge in [0.1, 0.15) is 0 Å². The van der Waals surface area contributed by atoms with Crippen molar-refractivity contribution in [1.29, 1.82) is 0 Å². The van der Waals surface area contributed by atoms with Gasteiger partial charge in [-0.05, 0) is 61.7 Å². The average molecular weight is 348 g/mol. The maximum atomic E-state index is 12.7. The summed E-state index contributed by atoms with van der Waals surface area (Å²) in [5, 5.41) is 0. The lowest BCUT2D eigenvalue weighted by atomic mass is 10.1. The summed E-state index contributed by atoms with van der Waals surface area (Å²) in [5.41, 5.74) is 3.44. The molecule has 0 heterocycles. The highest BCUT2D eigenvalue weighted by atomic mass is 32.2. The first kappa shape index (κ1) is 18.0. The Morgan fingerprint density at radius 2 is 1.62 bits per heavy atom. The van der Waals surface area contributed by atoms with Crippen molar-refractivity contribution in [2.24, 2.45) is 0 Å². The molecule has 0 saturated heterocycles. The molecule has 2 aromatic carbocycles. The number of nitrogens with one attached hydrogen (secondary N) is 1. The number of anilines is 1. The maximum Gasteiger partial charge on any atom is 0.262 e. The van der Waals surface area contributed by atoms with E-state index in [1.807, 2.05) is 19.9 Å². The molecule has 130 valence electrons. The van der Waals surface area contributed by atoms with Crippen LogP contribution in [-0.4, -0.2) is 33.3 Å². The van der Waals surface area contributed by atoms with E-state index >= 15 is 0 Å². The molecule has 0 aromatic heterocycles. The number of rotatable bonds is 4. The number of carbonyl (C=O) groups excluding carboxylic acids is 1. The molecule has 0 saturated carbocycles. The van der Waals surface area contributed by atoms with E-state index < -0.39 is 10.0 Å². The molecule has 0 aliphatic carbocycles. The lowest BCUT2D eigenvalue weighted by Crippen LogP contribution is -2.22. The van der Waals surface area contributed by atoms with Gasteiger partial charge in [0.25, 0.3) is 15.9 Å². The standard InChI is InChI=1S/C18H22N2O3S.H2/c1-12-9-14(3)17(10-13(12)2)24(22,23)19-16-8-6-7-15(11-16)18(21)20(4)5;/h6-11,19H,1-5H3;1H. The van der Waals surface area contributed by atoms with Gasteiger partial charge < -0.3 is 4.90 Å². The van der Waals surface area contributed by atoms with Crippen molar-refractivity contribution in [3.63, 3.8) is 0 Å². The summed E-state index contributed by atoms with van der Waals surface area (Å²) in [7, 11) is -0.420.